The third-order valence-electron chi connectivity index (χ3n) is 4.63. The van der Waals surface area contributed by atoms with E-state index in [9.17, 15) is 9.00 Å². The van der Waals surface area contributed by atoms with Gasteiger partial charge >= 0.3 is 0 Å². The first-order valence-corrected chi connectivity index (χ1v) is 10.2. The van der Waals surface area contributed by atoms with Gasteiger partial charge in [0.05, 0.1) is 21.8 Å². The highest BCUT2D eigenvalue weighted by atomic mass is 32.2. The number of nitrogens with zero attached hydrogens (tertiary/aromatic N) is 1. The summed E-state index contributed by atoms with van der Waals surface area (Å²) >= 11 is 0. The number of carbonyl (C=O) groups is 1. The van der Waals surface area contributed by atoms with E-state index in [1.165, 1.54) is 4.90 Å². The number of anilines is 1. The summed E-state index contributed by atoms with van der Waals surface area (Å²) < 4.78 is 30.3. The third-order valence-corrected chi connectivity index (χ3v) is 6.21. The lowest BCUT2D eigenvalue weighted by atomic mass is 10.0. The molecular formula is C21H25FN2O2S. The molecule has 1 aliphatic heterocycles. The Balaban J connectivity index is 1.88. The molecule has 1 unspecified atom stereocenters. The smallest absolute Gasteiger partial charge is 0.263 e. The van der Waals surface area contributed by atoms with Gasteiger partial charge in [0.15, 0.2) is 6.17 Å². The van der Waals surface area contributed by atoms with Gasteiger partial charge in [-0.3, -0.25) is 4.79 Å². The molecule has 0 aliphatic carbocycles. The summed E-state index contributed by atoms with van der Waals surface area (Å²) in [6.07, 6.45) is -1.13. The quantitative estimate of drug-likeness (QED) is 0.849. The molecule has 0 fully saturated rings. The summed E-state index contributed by atoms with van der Waals surface area (Å²) in [6.45, 7) is 5.89. The number of alkyl halides is 1. The number of hydrogen-bond acceptors (Lipinski definition) is 2. The van der Waals surface area contributed by atoms with Crippen LogP contribution in [0.4, 0.5) is 10.1 Å². The third kappa shape index (κ3) is 4.28. The number of fused-ring (bicyclic) bond motifs is 1. The van der Waals surface area contributed by atoms with Crippen molar-refractivity contribution in [3.8, 4) is 0 Å². The minimum atomic E-state index is -1.84. The number of rotatable bonds is 5. The van der Waals surface area contributed by atoms with E-state index >= 15 is 4.39 Å². The van der Waals surface area contributed by atoms with E-state index in [2.05, 4.69) is 4.72 Å². The summed E-state index contributed by atoms with van der Waals surface area (Å²) in [5, 5.41) is 0. The lowest BCUT2D eigenvalue weighted by molar-refractivity contribution is -0.124. The molecule has 1 N–H and O–H groups in total. The van der Waals surface area contributed by atoms with Gasteiger partial charge in [0.2, 0.25) is 0 Å². The normalized spacial score (nSPS) is 17.3. The van der Waals surface area contributed by atoms with E-state index in [4.69, 9.17) is 0 Å². The fourth-order valence-corrected chi connectivity index (χ4v) is 3.95. The van der Waals surface area contributed by atoms with Gasteiger partial charge in [-0.05, 0) is 44.4 Å². The molecule has 1 heterocycles. The molecule has 0 radical (unpaired) electrons. The average Bonchev–Trinajstić information content (AvgIpc) is 3.08. The molecule has 1 amide bonds. The van der Waals surface area contributed by atoms with Gasteiger partial charge in [-0.1, -0.05) is 48.5 Å². The second-order valence-electron chi connectivity index (χ2n) is 7.66. The molecule has 0 bridgehead atoms. The molecule has 6 heteroatoms. The lowest BCUT2D eigenvalue weighted by Gasteiger charge is -2.28. The van der Waals surface area contributed by atoms with Crippen molar-refractivity contribution < 1.29 is 13.4 Å². The molecule has 144 valence electrons. The maximum atomic E-state index is 15.5. The molecule has 2 aromatic carbocycles. The largest absolute Gasteiger partial charge is 0.309 e. The van der Waals surface area contributed by atoms with Crippen LogP contribution in [-0.2, 0) is 22.2 Å². The zero-order valence-corrected chi connectivity index (χ0v) is 16.6. The molecule has 4 nitrogen and oxygen atoms in total. The van der Waals surface area contributed by atoms with Crippen LogP contribution in [0.2, 0.25) is 0 Å². The van der Waals surface area contributed by atoms with Crippen LogP contribution in [-0.4, -0.2) is 27.6 Å². The van der Waals surface area contributed by atoms with Gasteiger partial charge in [-0.15, -0.1) is 0 Å². The molecule has 3 rings (SSSR count). The van der Waals surface area contributed by atoms with Gasteiger partial charge < -0.3 is 4.90 Å². The van der Waals surface area contributed by atoms with Crippen LogP contribution >= 0.6 is 0 Å². The second-order valence-corrected chi connectivity index (χ2v) is 9.66. The van der Waals surface area contributed by atoms with E-state index in [1.807, 2.05) is 51.1 Å². The SMILES string of the molecule is CC(C)(C)S(=O)N[C@@H](c1ccccc1)[C@@H](F)C(=O)N1CCc2ccccc21. The van der Waals surface area contributed by atoms with Crippen molar-refractivity contribution >= 4 is 22.6 Å². The average molecular weight is 389 g/mol. The fourth-order valence-electron chi connectivity index (χ4n) is 3.11. The molecule has 27 heavy (non-hydrogen) atoms. The van der Waals surface area contributed by atoms with Crippen molar-refractivity contribution in [2.75, 3.05) is 11.4 Å². The van der Waals surface area contributed by atoms with Crippen molar-refractivity contribution in [3.05, 3.63) is 65.7 Å². The Hall–Kier alpha value is -2.05. The molecule has 0 saturated heterocycles. The topological polar surface area (TPSA) is 49.4 Å². The van der Waals surface area contributed by atoms with Crippen LogP contribution in [0.3, 0.4) is 0 Å². The number of para-hydroxylation sites is 1. The van der Waals surface area contributed by atoms with Crippen molar-refractivity contribution in [1.29, 1.82) is 0 Å². The van der Waals surface area contributed by atoms with Gasteiger partial charge in [-0.25, -0.2) is 13.3 Å². The Morgan fingerprint density at radius 3 is 2.41 bits per heavy atom. The van der Waals surface area contributed by atoms with Crippen molar-refractivity contribution in [2.45, 2.75) is 44.2 Å². The number of hydrogen-bond donors (Lipinski definition) is 1. The van der Waals surface area contributed by atoms with Gasteiger partial charge in [0.1, 0.15) is 0 Å². The number of halogens is 1. The predicted octanol–water partition coefficient (Wildman–Crippen LogP) is 3.71. The summed E-state index contributed by atoms with van der Waals surface area (Å²) in [6, 6.07) is 15.5. The standard InChI is InChI=1S/C21H25FN2O2S/c1-21(2,3)27(26)23-19(16-10-5-4-6-11-16)18(22)20(25)24-14-13-15-9-7-8-12-17(15)24/h4-12,18-19,23H,13-14H2,1-3H3/t18-,19+,27?/m1/s1. The Morgan fingerprint density at radius 2 is 1.74 bits per heavy atom. The maximum absolute atomic E-state index is 15.5. The zero-order chi connectivity index (χ0) is 19.6. The first-order valence-electron chi connectivity index (χ1n) is 9.05. The first-order chi connectivity index (χ1) is 12.8. The van der Waals surface area contributed by atoms with E-state index < -0.39 is 33.9 Å². The van der Waals surface area contributed by atoms with E-state index in [-0.39, 0.29) is 0 Å². The van der Waals surface area contributed by atoms with Gasteiger partial charge in [0, 0.05) is 12.2 Å². The van der Waals surface area contributed by atoms with Gasteiger partial charge in [-0.2, -0.15) is 0 Å². The van der Waals surface area contributed by atoms with Crippen LogP contribution in [0.15, 0.2) is 54.6 Å². The highest BCUT2D eigenvalue weighted by Crippen LogP contribution is 2.31. The van der Waals surface area contributed by atoms with Crippen LogP contribution in [0.1, 0.15) is 37.9 Å². The Kier molecular flexibility index (Phi) is 5.77. The number of nitrogens with one attached hydrogen (secondary N) is 1. The fraction of sp³-hybridized carbons (Fsp3) is 0.381. The minimum absolute atomic E-state index is 0.461. The summed E-state index contributed by atoms with van der Waals surface area (Å²) in [5.41, 5.74) is 2.40. The monoisotopic (exact) mass is 388 g/mol. The number of carbonyl (C=O) groups excluding carboxylic acids is 1. The molecule has 0 saturated carbocycles. The number of amides is 1. The molecule has 2 aromatic rings. The van der Waals surface area contributed by atoms with Crippen LogP contribution in [0.5, 0.6) is 0 Å². The Bertz CT molecular complexity index is 836. The minimum Gasteiger partial charge on any atom is -0.309 e. The Morgan fingerprint density at radius 1 is 1.11 bits per heavy atom. The molecule has 0 aromatic heterocycles. The molecule has 0 spiro atoms. The zero-order valence-electron chi connectivity index (χ0n) is 15.8. The number of benzene rings is 2. The molecule has 1 aliphatic rings. The van der Waals surface area contributed by atoms with E-state index in [1.54, 1.807) is 24.3 Å². The molecular weight excluding hydrogens is 363 g/mol. The highest BCUT2D eigenvalue weighted by molar-refractivity contribution is 7.84. The highest BCUT2D eigenvalue weighted by Gasteiger charge is 2.37. The summed E-state index contributed by atoms with van der Waals surface area (Å²) in [5.74, 6) is -0.604. The first kappa shape index (κ1) is 19.7. The second kappa shape index (κ2) is 7.90. The Labute approximate surface area is 162 Å². The summed E-state index contributed by atoms with van der Waals surface area (Å²) in [7, 11) is -1.51. The van der Waals surface area contributed by atoms with Crippen molar-refractivity contribution in [1.82, 2.24) is 4.72 Å². The van der Waals surface area contributed by atoms with Crippen LogP contribution < -0.4 is 9.62 Å². The van der Waals surface area contributed by atoms with Crippen LogP contribution in [0, 0.1) is 0 Å². The van der Waals surface area contributed by atoms with Gasteiger partial charge in [0.25, 0.3) is 5.91 Å². The molecule has 3 atom stereocenters. The lowest BCUT2D eigenvalue weighted by Crippen LogP contribution is -2.46. The van der Waals surface area contributed by atoms with E-state index in [0.717, 1.165) is 11.3 Å². The van der Waals surface area contributed by atoms with Crippen LogP contribution in [0.25, 0.3) is 0 Å². The maximum Gasteiger partial charge on any atom is 0.263 e. The van der Waals surface area contributed by atoms with E-state index in [0.29, 0.717) is 18.5 Å². The van der Waals surface area contributed by atoms with Crippen molar-refractivity contribution in [2.24, 2.45) is 0 Å². The summed E-state index contributed by atoms with van der Waals surface area (Å²) in [4.78, 5) is 14.5. The van der Waals surface area contributed by atoms with Crippen molar-refractivity contribution in [3.63, 3.8) is 0 Å². The predicted molar refractivity (Wildman–Crippen MR) is 108 cm³/mol.